The van der Waals surface area contributed by atoms with Gasteiger partial charge in [-0.1, -0.05) is 6.07 Å². The van der Waals surface area contributed by atoms with Crippen molar-refractivity contribution in [3.63, 3.8) is 0 Å². The van der Waals surface area contributed by atoms with Gasteiger partial charge in [0.05, 0.1) is 17.7 Å². The van der Waals surface area contributed by atoms with Crippen molar-refractivity contribution in [3.05, 3.63) is 29.6 Å². The average molecular weight is 331 g/mol. The molecule has 2 aliphatic rings. The van der Waals surface area contributed by atoms with Crippen molar-refractivity contribution < 1.29 is 14.3 Å². The van der Waals surface area contributed by atoms with Crippen molar-refractivity contribution in [2.75, 3.05) is 33.4 Å². The van der Waals surface area contributed by atoms with Crippen molar-refractivity contribution >= 4 is 11.8 Å². The van der Waals surface area contributed by atoms with E-state index < -0.39 is 5.41 Å². The lowest BCUT2D eigenvalue weighted by molar-refractivity contribution is -0.145. The highest BCUT2D eigenvalue weighted by Crippen LogP contribution is 2.40. The van der Waals surface area contributed by atoms with E-state index in [4.69, 9.17) is 4.74 Å². The van der Waals surface area contributed by atoms with E-state index in [0.717, 1.165) is 43.7 Å². The highest BCUT2D eigenvalue weighted by atomic mass is 16.5. The summed E-state index contributed by atoms with van der Waals surface area (Å²) in [5.41, 5.74) is 1.47. The summed E-state index contributed by atoms with van der Waals surface area (Å²) in [7, 11) is 1.52. The molecular weight excluding hydrogens is 306 g/mol. The van der Waals surface area contributed by atoms with Crippen LogP contribution >= 0.6 is 0 Å². The number of hydrogen-bond acceptors (Lipinski definition) is 4. The summed E-state index contributed by atoms with van der Waals surface area (Å²) < 4.78 is 4.95. The smallest absolute Gasteiger partial charge is 0.248 e. The monoisotopic (exact) mass is 331 g/mol. The first-order valence-electron chi connectivity index (χ1n) is 8.53. The van der Waals surface area contributed by atoms with Crippen LogP contribution in [0.15, 0.2) is 18.2 Å². The Balaban J connectivity index is 1.69. The summed E-state index contributed by atoms with van der Waals surface area (Å²) >= 11 is 0. The number of hydrogen-bond donors (Lipinski definition) is 0. The topological polar surface area (TPSA) is 62.7 Å². The summed E-state index contributed by atoms with van der Waals surface area (Å²) in [5, 5.41) is 0. The second kappa shape index (κ2) is 6.89. The molecular formula is C18H25N3O3. The number of aryl methyl sites for hydroxylation is 1. The lowest BCUT2D eigenvalue weighted by atomic mass is 9.78. The van der Waals surface area contributed by atoms with Gasteiger partial charge >= 0.3 is 0 Å². The number of rotatable bonds is 4. The third-order valence-corrected chi connectivity index (χ3v) is 5.10. The van der Waals surface area contributed by atoms with Gasteiger partial charge in [-0.2, -0.15) is 0 Å². The number of amides is 2. The number of piperidine rings is 1. The Kier molecular flexibility index (Phi) is 4.85. The maximum Gasteiger partial charge on any atom is 0.248 e. The lowest BCUT2D eigenvalue weighted by Crippen LogP contribution is -2.50. The summed E-state index contributed by atoms with van der Waals surface area (Å²) in [6, 6.07) is 5.89. The third kappa shape index (κ3) is 3.29. The summed E-state index contributed by atoms with van der Waals surface area (Å²) in [6.45, 7) is 4.57. The summed E-state index contributed by atoms with van der Waals surface area (Å²) in [6.07, 6.45) is 2.55. The van der Waals surface area contributed by atoms with Crippen LogP contribution in [0.3, 0.4) is 0 Å². The minimum absolute atomic E-state index is 0.0248. The van der Waals surface area contributed by atoms with E-state index in [1.807, 2.05) is 30.0 Å². The van der Waals surface area contributed by atoms with Crippen LogP contribution in [0.2, 0.25) is 0 Å². The molecule has 3 heterocycles. The quantitative estimate of drug-likeness (QED) is 0.836. The van der Waals surface area contributed by atoms with E-state index in [1.165, 1.54) is 7.11 Å². The molecule has 1 aromatic rings. The van der Waals surface area contributed by atoms with Crippen molar-refractivity contribution in [3.8, 4) is 0 Å². The fourth-order valence-electron chi connectivity index (χ4n) is 3.86. The van der Waals surface area contributed by atoms with Crippen LogP contribution in [0.5, 0.6) is 0 Å². The molecule has 1 atom stereocenters. The molecule has 0 aromatic carbocycles. The largest absolute Gasteiger partial charge is 0.375 e. The van der Waals surface area contributed by atoms with Gasteiger partial charge in [-0.05, 0) is 38.3 Å². The van der Waals surface area contributed by atoms with Crippen molar-refractivity contribution in [1.29, 1.82) is 0 Å². The minimum atomic E-state index is -0.411. The first-order chi connectivity index (χ1) is 11.5. The van der Waals surface area contributed by atoms with E-state index in [1.54, 1.807) is 4.90 Å². The van der Waals surface area contributed by atoms with Crippen molar-refractivity contribution in [2.24, 2.45) is 5.41 Å². The first kappa shape index (κ1) is 16.9. The van der Waals surface area contributed by atoms with E-state index in [0.29, 0.717) is 13.1 Å². The maximum absolute atomic E-state index is 13.0. The molecule has 2 amide bonds. The van der Waals surface area contributed by atoms with Crippen LogP contribution in [0.4, 0.5) is 0 Å². The maximum atomic E-state index is 13.0. The Bertz CT molecular complexity index is 634. The normalized spacial score (nSPS) is 24.0. The van der Waals surface area contributed by atoms with Gasteiger partial charge in [-0.3, -0.25) is 14.6 Å². The molecule has 3 rings (SSSR count). The predicted octanol–water partition coefficient (Wildman–Crippen LogP) is 1.38. The Morgan fingerprint density at radius 3 is 2.92 bits per heavy atom. The fourth-order valence-corrected chi connectivity index (χ4v) is 3.86. The average Bonchev–Trinajstić information content (AvgIpc) is 2.85. The number of methoxy groups -OCH3 is 1. The minimum Gasteiger partial charge on any atom is -0.375 e. The number of ether oxygens (including phenoxy) is 1. The van der Waals surface area contributed by atoms with Gasteiger partial charge in [-0.25, -0.2) is 0 Å². The number of pyridine rings is 1. The SMILES string of the molecule is COCC(=O)N1CCCC2(CCN(Cc3cccc(C)n3)C2=O)C1. The van der Waals surface area contributed by atoms with Gasteiger partial charge < -0.3 is 14.5 Å². The molecule has 0 N–H and O–H groups in total. The molecule has 0 saturated carbocycles. The van der Waals surface area contributed by atoms with E-state index in [-0.39, 0.29) is 18.4 Å². The zero-order valence-electron chi connectivity index (χ0n) is 14.5. The number of aromatic nitrogens is 1. The van der Waals surface area contributed by atoms with Crippen LogP contribution in [0.25, 0.3) is 0 Å². The fraction of sp³-hybridized carbons (Fsp3) is 0.611. The second-order valence-electron chi connectivity index (χ2n) is 6.88. The Morgan fingerprint density at radius 2 is 2.17 bits per heavy atom. The van der Waals surface area contributed by atoms with Crippen LogP contribution in [-0.4, -0.2) is 59.9 Å². The Hall–Kier alpha value is -1.95. The molecule has 24 heavy (non-hydrogen) atoms. The molecule has 0 radical (unpaired) electrons. The van der Waals surface area contributed by atoms with Gasteiger partial charge in [-0.15, -0.1) is 0 Å². The molecule has 1 aromatic heterocycles. The van der Waals surface area contributed by atoms with Crippen LogP contribution in [0.1, 0.15) is 30.7 Å². The number of carbonyl (C=O) groups is 2. The standard InChI is InChI=1S/C18H25N3O3/c1-14-5-3-6-15(19-14)11-20-10-8-18(17(20)23)7-4-9-21(13-18)16(22)12-24-2/h3,5-6H,4,7-13H2,1-2H3. The zero-order valence-corrected chi connectivity index (χ0v) is 14.5. The van der Waals surface area contributed by atoms with E-state index in [2.05, 4.69) is 4.98 Å². The highest BCUT2D eigenvalue weighted by Gasteiger charge is 2.49. The number of carbonyl (C=O) groups excluding carboxylic acids is 2. The number of likely N-dealkylation sites (tertiary alicyclic amines) is 2. The Morgan fingerprint density at radius 1 is 1.33 bits per heavy atom. The van der Waals surface area contributed by atoms with Gasteiger partial charge in [0.25, 0.3) is 0 Å². The predicted molar refractivity (Wildman–Crippen MR) is 89.1 cm³/mol. The zero-order chi connectivity index (χ0) is 17.2. The molecule has 6 heteroatoms. The second-order valence-corrected chi connectivity index (χ2v) is 6.88. The third-order valence-electron chi connectivity index (χ3n) is 5.10. The van der Waals surface area contributed by atoms with E-state index in [9.17, 15) is 9.59 Å². The van der Waals surface area contributed by atoms with Gasteiger partial charge in [0.15, 0.2) is 0 Å². The molecule has 130 valence electrons. The van der Waals surface area contributed by atoms with Crippen LogP contribution < -0.4 is 0 Å². The molecule has 2 aliphatic heterocycles. The van der Waals surface area contributed by atoms with Crippen molar-refractivity contribution in [2.45, 2.75) is 32.7 Å². The molecule has 1 unspecified atom stereocenters. The summed E-state index contributed by atoms with van der Waals surface area (Å²) in [4.78, 5) is 33.3. The molecule has 6 nitrogen and oxygen atoms in total. The number of nitrogens with zero attached hydrogens (tertiary/aromatic N) is 3. The lowest BCUT2D eigenvalue weighted by Gasteiger charge is -2.39. The van der Waals surface area contributed by atoms with Crippen molar-refractivity contribution in [1.82, 2.24) is 14.8 Å². The molecule has 0 aliphatic carbocycles. The van der Waals surface area contributed by atoms with Crippen LogP contribution in [-0.2, 0) is 20.9 Å². The van der Waals surface area contributed by atoms with E-state index >= 15 is 0 Å². The van der Waals surface area contributed by atoms with Gasteiger partial charge in [0.2, 0.25) is 11.8 Å². The Labute approximate surface area is 142 Å². The summed E-state index contributed by atoms with van der Waals surface area (Å²) in [5.74, 6) is 0.142. The van der Waals surface area contributed by atoms with Gasteiger partial charge in [0.1, 0.15) is 6.61 Å². The molecule has 1 spiro atoms. The highest BCUT2D eigenvalue weighted by molar-refractivity contribution is 5.86. The first-order valence-corrected chi connectivity index (χ1v) is 8.53. The van der Waals surface area contributed by atoms with Gasteiger partial charge in [0, 0.05) is 32.4 Å². The van der Waals surface area contributed by atoms with Crippen LogP contribution in [0, 0.1) is 12.3 Å². The molecule has 2 saturated heterocycles. The molecule has 0 bridgehead atoms. The molecule has 2 fully saturated rings.